The van der Waals surface area contributed by atoms with Crippen LogP contribution in [0.25, 0.3) is 0 Å². The Balaban J connectivity index is 1.28. The van der Waals surface area contributed by atoms with Crippen LogP contribution in [-0.2, 0) is 18.0 Å². The van der Waals surface area contributed by atoms with Crippen LogP contribution in [0.5, 0.6) is 5.75 Å². The number of rotatable bonds is 6. The summed E-state index contributed by atoms with van der Waals surface area (Å²) in [7, 11) is 1.23. The monoisotopic (exact) mass is 459 g/mol. The number of ether oxygens (including phenoxy) is 1. The molecule has 11 heteroatoms. The zero-order valence-corrected chi connectivity index (χ0v) is 17.0. The van der Waals surface area contributed by atoms with Gasteiger partial charge in [0.25, 0.3) is 11.8 Å². The van der Waals surface area contributed by atoms with Gasteiger partial charge in [0.1, 0.15) is 17.3 Å². The first-order valence-corrected chi connectivity index (χ1v) is 9.74. The van der Waals surface area contributed by atoms with E-state index in [-0.39, 0.29) is 17.4 Å². The van der Waals surface area contributed by atoms with Gasteiger partial charge in [0.15, 0.2) is 6.61 Å². The molecule has 3 saturated carbocycles. The maximum Gasteiger partial charge on any atom is 0.432 e. The third-order valence-corrected chi connectivity index (χ3v) is 5.97. The lowest BCUT2D eigenvalue weighted by Gasteiger charge is -2.70. The SMILES string of the molecule is Cn1ccc(C(=O)NC23CC(NC(=O)COc4ccc(Cl)c(F)c4)(C2)C3)c1C(F)(F)F. The predicted molar refractivity (Wildman–Crippen MR) is 102 cm³/mol. The summed E-state index contributed by atoms with van der Waals surface area (Å²) in [5.41, 5.74) is -2.57. The van der Waals surface area contributed by atoms with Gasteiger partial charge in [-0.3, -0.25) is 9.59 Å². The van der Waals surface area contributed by atoms with E-state index in [1.54, 1.807) is 0 Å². The zero-order chi connectivity index (χ0) is 22.6. The molecule has 0 radical (unpaired) electrons. The van der Waals surface area contributed by atoms with E-state index in [0.717, 1.165) is 16.7 Å². The number of benzene rings is 1. The number of aryl methyl sites for hydroxylation is 1. The van der Waals surface area contributed by atoms with E-state index in [2.05, 4.69) is 10.6 Å². The van der Waals surface area contributed by atoms with Crippen LogP contribution in [0.15, 0.2) is 30.5 Å². The van der Waals surface area contributed by atoms with Crippen LogP contribution in [0.2, 0.25) is 5.02 Å². The smallest absolute Gasteiger partial charge is 0.432 e. The van der Waals surface area contributed by atoms with Crippen molar-refractivity contribution < 1.29 is 31.9 Å². The van der Waals surface area contributed by atoms with Crippen LogP contribution >= 0.6 is 11.6 Å². The zero-order valence-electron chi connectivity index (χ0n) is 16.3. The molecule has 2 aromatic rings. The van der Waals surface area contributed by atoms with Crippen LogP contribution in [0.4, 0.5) is 17.6 Å². The molecule has 31 heavy (non-hydrogen) atoms. The third-order valence-electron chi connectivity index (χ3n) is 5.66. The van der Waals surface area contributed by atoms with Crippen molar-refractivity contribution in [3.05, 3.63) is 52.6 Å². The molecule has 0 saturated heterocycles. The quantitative estimate of drug-likeness (QED) is 0.650. The lowest BCUT2D eigenvalue weighted by molar-refractivity contribution is -0.144. The van der Waals surface area contributed by atoms with Gasteiger partial charge in [-0.2, -0.15) is 13.2 Å². The second-order valence-electron chi connectivity index (χ2n) is 8.14. The lowest BCUT2D eigenvalue weighted by atomic mass is 9.44. The topological polar surface area (TPSA) is 72.4 Å². The summed E-state index contributed by atoms with van der Waals surface area (Å²) in [4.78, 5) is 24.6. The fourth-order valence-corrected chi connectivity index (χ4v) is 4.59. The van der Waals surface area contributed by atoms with Crippen LogP contribution in [-0.4, -0.2) is 34.1 Å². The Hall–Kier alpha value is -2.75. The van der Waals surface area contributed by atoms with Crippen molar-refractivity contribution in [3.63, 3.8) is 0 Å². The Labute approximate surface area is 179 Å². The fourth-order valence-electron chi connectivity index (χ4n) is 4.47. The fraction of sp³-hybridized carbons (Fsp3) is 0.400. The molecule has 0 spiro atoms. The second-order valence-corrected chi connectivity index (χ2v) is 8.55. The van der Waals surface area contributed by atoms with Crippen LogP contribution in [0.1, 0.15) is 35.3 Å². The highest BCUT2D eigenvalue weighted by molar-refractivity contribution is 6.30. The van der Waals surface area contributed by atoms with Crippen LogP contribution in [0, 0.1) is 5.82 Å². The standard InChI is InChI=1S/C20H18ClF4N3O3/c1-28-5-4-12(16(28)20(23,24)25)17(30)27-19-8-18(9-19,10-19)26-15(29)7-31-11-2-3-13(21)14(22)6-11/h2-6H,7-10H2,1H3,(H,26,29)(H,27,30). The molecule has 0 aliphatic heterocycles. The number of carbonyl (C=O) groups is 2. The maximum atomic E-state index is 13.4. The van der Waals surface area contributed by atoms with Crippen molar-refractivity contribution in [1.29, 1.82) is 0 Å². The summed E-state index contributed by atoms with van der Waals surface area (Å²) < 4.78 is 59.1. The molecule has 0 unspecified atom stereocenters. The highest BCUT2D eigenvalue weighted by Crippen LogP contribution is 2.60. The number of hydrogen-bond donors (Lipinski definition) is 2. The summed E-state index contributed by atoms with van der Waals surface area (Å²) in [6, 6.07) is 4.95. The molecule has 1 aromatic carbocycles. The van der Waals surface area contributed by atoms with E-state index in [1.807, 2.05) is 0 Å². The average molecular weight is 460 g/mol. The van der Waals surface area contributed by atoms with Crippen molar-refractivity contribution in [2.24, 2.45) is 7.05 Å². The van der Waals surface area contributed by atoms with Gasteiger partial charge >= 0.3 is 6.18 Å². The number of halogens is 5. The molecule has 2 amide bonds. The first-order valence-electron chi connectivity index (χ1n) is 9.36. The van der Waals surface area contributed by atoms with E-state index in [9.17, 15) is 27.2 Å². The number of nitrogens with zero attached hydrogens (tertiary/aromatic N) is 1. The van der Waals surface area contributed by atoms with Crippen molar-refractivity contribution >= 4 is 23.4 Å². The minimum atomic E-state index is -4.65. The molecule has 2 N–H and O–H groups in total. The van der Waals surface area contributed by atoms with Gasteiger partial charge in [-0.05, 0) is 37.5 Å². The highest BCUT2D eigenvalue weighted by Gasteiger charge is 2.69. The Kier molecular flexibility index (Phi) is 4.95. The first kappa shape index (κ1) is 21.5. The van der Waals surface area contributed by atoms with Crippen molar-refractivity contribution in [1.82, 2.24) is 15.2 Å². The molecule has 1 heterocycles. The number of carbonyl (C=O) groups excluding carboxylic acids is 2. The normalized spacial score (nSPS) is 24.1. The average Bonchev–Trinajstić information content (AvgIpc) is 3.02. The number of aromatic nitrogens is 1. The van der Waals surface area contributed by atoms with Crippen molar-refractivity contribution in [2.75, 3.05) is 6.61 Å². The van der Waals surface area contributed by atoms with E-state index in [1.165, 1.54) is 25.4 Å². The van der Waals surface area contributed by atoms with Gasteiger partial charge in [-0.15, -0.1) is 0 Å². The van der Waals surface area contributed by atoms with E-state index < -0.39 is 46.1 Å². The van der Waals surface area contributed by atoms with Gasteiger partial charge in [0, 0.05) is 30.4 Å². The molecule has 3 fully saturated rings. The molecule has 3 aliphatic rings. The Morgan fingerprint density at radius 3 is 2.42 bits per heavy atom. The van der Waals surface area contributed by atoms with Gasteiger partial charge in [0.05, 0.1) is 10.6 Å². The molecule has 3 aliphatic carbocycles. The number of amides is 2. The minimum absolute atomic E-state index is 0.0594. The van der Waals surface area contributed by atoms with E-state index in [0.29, 0.717) is 19.3 Å². The van der Waals surface area contributed by atoms with Gasteiger partial charge in [0.2, 0.25) is 0 Å². The molecule has 5 rings (SSSR count). The van der Waals surface area contributed by atoms with E-state index in [4.69, 9.17) is 16.3 Å². The molecule has 166 valence electrons. The third kappa shape index (κ3) is 3.96. The molecule has 6 nitrogen and oxygen atoms in total. The van der Waals surface area contributed by atoms with Gasteiger partial charge < -0.3 is 19.9 Å². The maximum absolute atomic E-state index is 13.4. The van der Waals surface area contributed by atoms with Crippen LogP contribution < -0.4 is 15.4 Å². The Morgan fingerprint density at radius 1 is 1.16 bits per heavy atom. The number of alkyl halides is 3. The molecule has 2 bridgehead atoms. The lowest BCUT2D eigenvalue weighted by Crippen LogP contribution is -2.84. The van der Waals surface area contributed by atoms with Gasteiger partial charge in [-0.1, -0.05) is 11.6 Å². The second kappa shape index (κ2) is 7.15. The largest absolute Gasteiger partial charge is 0.484 e. The minimum Gasteiger partial charge on any atom is -0.484 e. The summed E-state index contributed by atoms with van der Waals surface area (Å²) in [5.74, 6) is -1.72. The summed E-state index contributed by atoms with van der Waals surface area (Å²) in [5, 5.41) is 5.43. The van der Waals surface area contributed by atoms with Crippen molar-refractivity contribution in [2.45, 2.75) is 36.5 Å². The Bertz CT molecular complexity index is 1050. The summed E-state index contributed by atoms with van der Waals surface area (Å²) in [6.07, 6.45) is -2.20. The molecule has 0 atom stereocenters. The predicted octanol–water partition coefficient (Wildman–Crippen LogP) is 3.44. The summed E-state index contributed by atoms with van der Waals surface area (Å²) >= 11 is 5.59. The van der Waals surface area contributed by atoms with Crippen LogP contribution in [0.3, 0.4) is 0 Å². The first-order chi connectivity index (χ1) is 14.4. The summed E-state index contributed by atoms with van der Waals surface area (Å²) in [6.45, 7) is -0.332. The number of nitrogens with one attached hydrogen (secondary N) is 2. The Morgan fingerprint density at radius 2 is 1.81 bits per heavy atom. The number of hydrogen-bond acceptors (Lipinski definition) is 3. The molecule has 1 aromatic heterocycles. The highest BCUT2D eigenvalue weighted by atomic mass is 35.5. The van der Waals surface area contributed by atoms with Gasteiger partial charge in [-0.25, -0.2) is 4.39 Å². The van der Waals surface area contributed by atoms with E-state index >= 15 is 0 Å². The molecular weight excluding hydrogens is 442 g/mol. The van der Waals surface area contributed by atoms with Crippen molar-refractivity contribution in [3.8, 4) is 5.75 Å². The molecular formula is C20H18ClF4N3O3.